The quantitative estimate of drug-likeness (QED) is 0.485. The standard InChI is InChI=1S/C24H23N3O2/c1-2-22(18-9-4-3-5-10-18)24(28)26-19-11-8-12-21(15-19)29-17-20-16-27-14-7-6-13-23(27)25-20/h3-16,22H,2,17H2,1H3,(H,26,28). The minimum absolute atomic E-state index is 0.0174. The van der Waals surface area contributed by atoms with Gasteiger partial charge in [0.15, 0.2) is 0 Å². The van der Waals surface area contributed by atoms with Gasteiger partial charge in [0, 0.05) is 24.1 Å². The van der Waals surface area contributed by atoms with E-state index in [0.29, 0.717) is 12.4 Å². The Labute approximate surface area is 170 Å². The van der Waals surface area contributed by atoms with Crippen LogP contribution in [0.3, 0.4) is 0 Å². The van der Waals surface area contributed by atoms with Crippen molar-refractivity contribution in [3.8, 4) is 5.75 Å². The Morgan fingerprint density at radius 2 is 1.90 bits per heavy atom. The van der Waals surface area contributed by atoms with Gasteiger partial charge in [-0.1, -0.05) is 49.4 Å². The van der Waals surface area contributed by atoms with Crippen LogP contribution in [0.25, 0.3) is 5.65 Å². The number of fused-ring (bicyclic) bond motifs is 1. The zero-order chi connectivity index (χ0) is 20.1. The number of carbonyl (C=O) groups excluding carboxylic acids is 1. The first-order valence-electron chi connectivity index (χ1n) is 9.74. The van der Waals surface area contributed by atoms with Gasteiger partial charge in [0.1, 0.15) is 18.0 Å². The van der Waals surface area contributed by atoms with E-state index in [1.807, 2.05) is 96.5 Å². The molecule has 29 heavy (non-hydrogen) atoms. The number of nitrogens with one attached hydrogen (secondary N) is 1. The number of benzene rings is 2. The Bertz CT molecular complexity index is 1070. The van der Waals surface area contributed by atoms with E-state index in [-0.39, 0.29) is 11.8 Å². The van der Waals surface area contributed by atoms with Crippen molar-refractivity contribution in [3.05, 3.63) is 96.4 Å². The molecule has 0 fully saturated rings. The van der Waals surface area contributed by atoms with Crippen LogP contribution in [0.2, 0.25) is 0 Å². The molecule has 1 atom stereocenters. The van der Waals surface area contributed by atoms with Gasteiger partial charge in [0.05, 0.1) is 11.6 Å². The van der Waals surface area contributed by atoms with Crippen LogP contribution in [0.15, 0.2) is 85.2 Å². The van der Waals surface area contributed by atoms with E-state index < -0.39 is 0 Å². The summed E-state index contributed by atoms with van der Waals surface area (Å²) in [5.41, 5.74) is 3.48. The monoisotopic (exact) mass is 385 g/mol. The number of amides is 1. The Kier molecular flexibility index (Phi) is 5.56. The Morgan fingerprint density at radius 1 is 1.07 bits per heavy atom. The molecular formula is C24H23N3O2. The van der Waals surface area contributed by atoms with E-state index in [1.165, 1.54) is 0 Å². The normalized spacial score (nSPS) is 11.9. The fraction of sp³-hybridized carbons (Fsp3) is 0.167. The zero-order valence-corrected chi connectivity index (χ0v) is 16.3. The van der Waals surface area contributed by atoms with Crippen molar-refractivity contribution in [2.24, 2.45) is 0 Å². The van der Waals surface area contributed by atoms with Gasteiger partial charge in [0.2, 0.25) is 5.91 Å². The Hall–Kier alpha value is -3.60. The predicted molar refractivity (Wildman–Crippen MR) is 114 cm³/mol. The first kappa shape index (κ1) is 18.7. The summed E-state index contributed by atoms with van der Waals surface area (Å²) in [5, 5.41) is 3.01. The van der Waals surface area contributed by atoms with Crippen LogP contribution in [0.4, 0.5) is 5.69 Å². The third-order valence-electron chi connectivity index (χ3n) is 4.83. The predicted octanol–water partition coefficient (Wildman–Crippen LogP) is 5.05. The smallest absolute Gasteiger partial charge is 0.231 e. The topological polar surface area (TPSA) is 55.6 Å². The lowest BCUT2D eigenvalue weighted by Crippen LogP contribution is -2.20. The molecule has 1 N–H and O–H groups in total. The molecule has 5 heteroatoms. The average Bonchev–Trinajstić information content (AvgIpc) is 3.17. The molecule has 0 saturated heterocycles. The first-order chi connectivity index (χ1) is 14.2. The van der Waals surface area contributed by atoms with Gasteiger partial charge < -0.3 is 14.5 Å². The van der Waals surface area contributed by atoms with E-state index in [9.17, 15) is 4.79 Å². The average molecular weight is 385 g/mol. The highest BCUT2D eigenvalue weighted by Crippen LogP contribution is 2.24. The fourth-order valence-electron chi connectivity index (χ4n) is 3.36. The Balaban J connectivity index is 1.42. The van der Waals surface area contributed by atoms with E-state index >= 15 is 0 Å². The van der Waals surface area contributed by atoms with Crippen LogP contribution < -0.4 is 10.1 Å². The number of carbonyl (C=O) groups is 1. The number of hydrogen-bond donors (Lipinski definition) is 1. The minimum atomic E-state index is -0.182. The second-order valence-electron chi connectivity index (χ2n) is 6.88. The maximum Gasteiger partial charge on any atom is 0.231 e. The number of imidazole rings is 1. The SMILES string of the molecule is CCC(C(=O)Nc1cccc(OCc2cn3ccccc3n2)c1)c1ccccc1. The molecule has 1 amide bonds. The largest absolute Gasteiger partial charge is 0.487 e. The summed E-state index contributed by atoms with van der Waals surface area (Å²) in [6, 6.07) is 23.2. The molecule has 5 nitrogen and oxygen atoms in total. The minimum Gasteiger partial charge on any atom is -0.487 e. The fourth-order valence-corrected chi connectivity index (χ4v) is 3.36. The van der Waals surface area contributed by atoms with Crippen LogP contribution in [0.5, 0.6) is 5.75 Å². The van der Waals surface area contributed by atoms with E-state index in [2.05, 4.69) is 10.3 Å². The van der Waals surface area contributed by atoms with Crippen LogP contribution in [-0.2, 0) is 11.4 Å². The van der Waals surface area contributed by atoms with Gasteiger partial charge in [0.25, 0.3) is 0 Å². The van der Waals surface area contributed by atoms with E-state index in [1.54, 1.807) is 0 Å². The van der Waals surface area contributed by atoms with E-state index in [4.69, 9.17) is 4.74 Å². The lowest BCUT2D eigenvalue weighted by Gasteiger charge is -2.16. The molecule has 4 rings (SSSR count). The van der Waals surface area contributed by atoms with Crippen molar-refractivity contribution in [1.82, 2.24) is 9.38 Å². The van der Waals surface area contributed by atoms with Gasteiger partial charge in [-0.15, -0.1) is 0 Å². The molecule has 146 valence electrons. The van der Waals surface area contributed by atoms with Gasteiger partial charge in [-0.05, 0) is 36.2 Å². The van der Waals surface area contributed by atoms with Gasteiger partial charge in [-0.3, -0.25) is 4.79 Å². The molecule has 2 heterocycles. The van der Waals surface area contributed by atoms with Crippen molar-refractivity contribution in [2.45, 2.75) is 25.9 Å². The summed E-state index contributed by atoms with van der Waals surface area (Å²) in [6.45, 7) is 2.38. The summed E-state index contributed by atoms with van der Waals surface area (Å²) in [5.74, 6) is 0.488. The highest BCUT2D eigenvalue weighted by molar-refractivity contribution is 5.95. The highest BCUT2D eigenvalue weighted by atomic mass is 16.5. The van der Waals surface area contributed by atoms with Crippen LogP contribution >= 0.6 is 0 Å². The van der Waals surface area contributed by atoms with Crippen LogP contribution in [0, 0.1) is 0 Å². The van der Waals surface area contributed by atoms with Gasteiger partial charge in [-0.2, -0.15) is 0 Å². The number of aromatic nitrogens is 2. The highest BCUT2D eigenvalue weighted by Gasteiger charge is 2.18. The molecule has 2 aromatic carbocycles. The number of nitrogens with zero attached hydrogens (tertiary/aromatic N) is 2. The number of pyridine rings is 1. The lowest BCUT2D eigenvalue weighted by atomic mass is 9.95. The number of ether oxygens (including phenoxy) is 1. The number of rotatable bonds is 7. The number of anilines is 1. The molecule has 0 aliphatic heterocycles. The lowest BCUT2D eigenvalue weighted by molar-refractivity contribution is -0.117. The molecule has 0 aliphatic rings. The molecule has 0 saturated carbocycles. The second-order valence-corrected chi connectivity index (χ2v) is 6.88. The maximum absolute atomic E-state index is 12.8. The van der Waals surface area contributed by atoms with Crippen molar-refractivity contribution < 1.29 is 9.53 Å². The molecule has 4 aromatic rings. The van der Waals surface area contributed by atoms with Crippen molar-refractivity contribution in [3.63, 3.8) is 0 Å². The number of hydrogen-bond acceptors (Lipinski definition) is 3. The molecule has 0 radical (unpaired) electrons. The van der Waals surface area contributed by atoms with Crippen LogP contribution in [0.1, 0.15) is 30.5 Å². The summed E-state index contributed by atoms with van der Waals surface area (Å²) < 4.78 is 7.85. The molecule has 0 spiro atoms. The zero-order valence-electron chi connectivity index (χ0n) is 16.3. The van der Waals surface area contributed by atoms with Gasteiger partial charge >= 0.3 is 0 Å². The summed E-state index contributed by atoms with van der Waals surface area (Å²) in [4.78, 5) is 17.3. The molecule has 0 bridgehead atoms. The first-order valence-corrected chi connectivity index (χ1v) is 9.74. The van der Waals surface area contributed by atoms with Gasteiger partial charge in [-0.25, -0.2) is 4.98 Å². The summed E-state index contributed by atoms with van der Waals surface area (Å²) in [6.07, 6.45) is 4.64. The maximum atomic E-state index is 12.8. The molecular weight excluding hydrogens is 362 g/mol. The van der Waals surface area contributed by atoms with Crippen molar-refractivity contribution >= 4 is 17.2 Å². The van der Waals surface area contributed by atoms with E-state index in [0.717, 1.165) is 29.0 Å². The molecule has 2 aromatic heterocycles. The van der Waals surface area contributed by atoms with Crippen molar-refractivity contribution in [1.29, 1.82) is 0 Å². The summed E-state index contributed by atoms with van der Waals surface area (Å²) >= 11 is 0. The van der Waals surface area contributed by atoms with Crippen LogP contribution in [-0.4, -0.2) is 15.3 Å². The third-order valence-corrected chi connectivity index (χ3v) is 4.83. The Morgan fingerprint density at radius 3 is 2.69 bits per heavy atom. The third kappa shape index (κ3) is 4.46. The molecule has 1 unspecified atom stereocenters. The second kappa shape index (κ2) is 8.61. The summed E-state index contributed by atoms with van der Waals surface area (Å²) in [7, 11) is 0. The molecule has 0 aliphatic carbocycles. The van der Waals surface area contributed by atoms with Crippen molar-refractivity contribution in [2.75, 3.05) is 5.32 Å².